The first kappa shape index (κ1) is 16.4. The summed E-state index contributed by atoms with van der Waals surface area (Å²) in [5.41, 5.74) is 1.22. The number of ketones is 1. The number of aryl methyl sites for hydroxylation is 2. The molecule has 1 aromatic carbocycles. The van der Waals surface area contributed by atoms with E-state index in [1.807, 2.05) is 17.9 Å². The van der Waals surface area contributed by atoms with Crippen molar-refractivity contribution >= 4 is 11.6 Å². The van der Waals surface area contributed by atoms with Gasteiger partial charge in [-0.15, -0.1) is 0 Å². The number of hydrogen-bond acceptors (Lipinski definition) is 4. The van der Waals surface area contributed by atoms with Gasteiger partial charge in [-0.25, -0.2) is 9.07 Å². The van der Waals surface area contributed by atoms with Gasteiger partial charge in [0.1, 0.15) is 17.4 Å². The van der Waals surface area contributed by atoms with Crippen molar-refractivity contribution in [1.82, 2.24) is 9.78 Å². The van der Waals surface area contributed by atoms with E-state index in [1.54, 1.807) is 26.1 Å². The Morgan fingerprint density at radius 2 is 2.00 bits per heavy atom. The Morgan fingerprint density at radius 1 is 1.25 bits per heavy atom. The van der Waals surface area contributed by atoms with Crippen LogP contribution in [0.5, 0.6) is 0 Å². The lowest BCUT2D eigenvalue weighted by molar-refractivity contribution is -0.120. The molecule has 2 aromatic rings. The van der Waals surface area contributed by atoms with E-state index in [0.29, 0.717) is 24.5 Å². The number of rotatable bonds is 3. The Hall–Kier alpha value is -2.50. The van der Waals surface area contributed by atoms with Crippen LogP contribution in [-0.2, 0) is 11.8 Å². The number of carbonyl (C=O) groups is 1. The molecule has 5 nitrogen and oxygen atoms in total. The minimum Gasteiger partial charge on any atom is -0.354 e. The van der Waals surface area contributed by atoms with Gasteiger partial charge < -0.3 is 4.90 Å². The maximum absolute atomic E-state index is 14.4. The SMILES string of the molecule is CC(=O)[C@@H]1CN(c2ccc(=O)n(C)n2)CC1c1ccc(C)cc1F. The van der Waals surface area contributed by atoms with E-state index >= 15 is 0 Å². The first-order chi connectivity index (χ1) is 11.4. The minimum atomic E-state index is -0.291. The van der Waals surface area contributed by atoms with E-state index in [4.69, 9.17) is 0 Å². The fraction of sp³-hybridized carbons (Fsp3) is 0.389. The second-order valence-corrected chi connectivity index (χ2v) is 6.41. The zero-order valence-corrected chi connectivity index (χ0v) is 14.0. The number of anilines is 1. The summed E-state index contributed by atoms with van der Waals surface area (Å²) >= 11 is 0. The van der Waals surface area contributed by atoms with Crippen LogP contribution in [-0.4, -0.2) is 28.7 Å². The molecule has 0 aliphatic carbocycles. The normalized spacial score (nSPS) is 20.4. The maximum Gasteiger partial charge on any atom is 0.266 e. The van der Waals surface area contributed by atoms with Crippen molar-refractivity contribution in [2.75, 3.05) is 18.0 Å². The summed E-state index contributed by atoms with van der Waals surface area (Å²) < 4.78 is 15.7. The van der Waals surface area contributed by atoms with Gasteiger partial charge in [0.05, 0.1) is 0 Å². The summed E-state index contributed by atoms with van der Waals surface area (Å²) in [6.45, 7) is 4.35. The van der Waals surface area contributed by atoms with Gasteiger partial charge in [0.15, 0.2) is 0 Å². The average molecular weight is 329 g/mol. The second-order valence-electron chi connectivity index (χ2n) is 6.41. The molecule has 0 radical (unpaired) electrons. The molecule has 0 N–H and O–H groups in total. The second kappa shape index (κ2) is 6.19. The van der Waals surface area contributed by atoms with Gasteiger partial charge in [-0.2, -0.15) is 5.10 Å². The highest BCUT2D eigenvalue weighted by Gasteiger charge is 2.38. The van der Waals surface area contributed by atoms with E-state index in [1.165, 1.54) is 16.8 Å². The topological polar surface area (TPSA) is 55.2 Å². The Labute approximate surface area is 139 Å². The molecule has 1 unspecified atom stereocenters. The van der Waals surface area contributed by atoms with E-state index in [9.17, 15) is 14.0 Å². The van der Waals surface area contributed by atoms with Gasteiger partial charge in [-0.1, -0.05) is 12.1 Å². The Bertz CT molecular complexity index is 846. The summed E-state index contributed by atoms with van der Waals surface area (Å²) in [6, 6.07) is 8.23. The quantitative estimate of drug-likeness (QED) is 0.865. The highest BCUT2D eigenvalue weighted by Crippen LogP contribution is 2.36. The first-order valence-electron chi connectivity index (χ1n) is 7.92. The van der Waals surface area contributed by atoms with E-state index < -0.39 is 0 Å². The molecule has 24 heavy (non-hydrogen) atoms. The zero-order chi connectivity index (χ0) is 17.4. The van der Waals surface area contributed by atoms with Gasteiger partial charge in [0, 0.05) is 38.0 Å². The predicted octanol–water partition coefficient (Wildman–Crippen LogP) is 2.04. The molecule has 2 atom stereocenters. The standard InChI is InChI=1S/C18H20FN3O2/c1-11-4-5-13(16(19)8-11)15-10-22(9-14(15)12(2)23)17-6-7-18(24)21(3)20-17/h4-8,14-15H,9-10H2,1-3H3/t14-,15?/m0/s1. The highest BCUT2D eigenvalue weighted by atomic mass is 19.1. The highest BCUT2D eigenvalue weighted by molar-refractivity contribution is 5.81. The third kappa shape index (κ3) is 2.96. The fourth-order valence-electron chi connectivity index (χ4n) is 3.31. The van der Waals surface area contributed by atoms with Crippen LogP contribution in [0.2, 0.25) is 0 Å². The number of benzene rings is 1. The molecule has 1 aromatic heterocycles. The average Bonchev–Trinajstić information content (AvgIpc) is 2.95. The van der Waals surface area contributed by atoms with Gasteiger partial charge in [-0.3, -0.25) is 9.59 Å². The van der Waals surface area contributed by atoms with Crippen molar-refractivity contribution < 1.29 is 9.18 Å². The molecule has 2 heterocycles. The summed E-state index contributed by atoms with van der Waals surface area (Å²) in [6.07, 6.45) is 0. The molecule has 1 aliphatic heterocycles. The molecule has 1 aliphatic rings. The molecular formula is C18H20FN3O2. The number of aromatic nitrogens is 2. The number of halogens is 1. The molecule has 126 valence electrons. The predicted molar refractivity (Wildman–Crippen MR) is 89.7 cm³/mol. The van der Waals surface area contributed by atoms with Gasteiger partial charge in [0.25, 0.3) is 5.56 Å². The Morgan fingerprint density at radius 3 is 2.62 bits per heavy atom. The van der Waals surface area contributed by atoms with Crippen LogP contribution < -0.4 is 10.5 Å². The van der Waals surface area contributed by atoms with Crippen LogP contribution in [0.25, 0.3) is 0 Å². The van der Waals surface area contributed by atoms with Crippen LogP contribution >= 0.6 is 0 Å². The lowest BCUT2D eigenvalue weighted by atomic mass is 9.86. The zero-order valence-electron chi connectivity index (χ0n) is 14.0. The summed E-state index contributed by atoms with van der Waals surface area (Å²) in [4.78, 5) is 25.5. The minimum absolute atomic E-state index is 0.0345. The lowest BCUT2D eigenvalue weighted by Gasteiger charge is -2.18. The first-order valence-corrected chi connectivity index (χ1v) is 7.92. The lowest BCUT2D eigenvalue weighted by Crippen LogP contribution is -2.27. The van der Waals surface area contributed by atoms with Crippen molar-refractivity contribution in [3.63, 3.8) is 0 Å². The van der Waals surface area contributed by atoms with Gasteiger partial charge in [-0.05, 0) is 37.1 Å². The molecule has 6 heteroatoms. The van der Waals surface area contributed by atoms with Crippen LogP contribution in [0.4, 0.5) is 10.2 Å². The van der Waals surface area contributed by atoms with E-state index in [2.05, 4.69) is 5.10 Å². The monoisotopic (exact) mass is 329 g/mol. The third-order valence-electron chi connectivity index (χ3n) is 4.67. The number of carbonyl (C=O) groups excluding carboxylic acids is 1. The summed E-state index contributed by atoms with van der Waals surface area (Å²) in [5, 5.41) is 4.24. The molecule has 1 fully saturated rings. The molecule has 0 saturated carbocycles. The molecule has 0 amide bonds. The summed E-state index contributed by atoms with van der Waals surface area (Å²) in [5.74, 6) is -0.129. The van der Waals surface area contributed by atoms with Crippen LogP contribution in [0.3, 0.4) is 0 Å². The number of nitrogens with zero attached hydrogens (tertiary/aromatic N) is 3. The van der Waals surface area contributed by atoms with Crippen molar-refractivity contribution in [3.05, 3.63) is 57.6 Å². The van der Waals surface area contributed by atoms with Crippen LogP contribution in [0, 0.1) is 18.7 Å². The number of Topliss-reactive ketones (excluding diaryl/α,β-unsaturated/α-hetero) is 1. The van der Waals surface area contributed by atoms with Gasteiger partial charge in [0.2, 0.25) is 0 Å². The Kier molecular flexibility index (Phi) is 4.22. The van der Waals surface area contributed by atoms with Crippen LogP contribution in [0.1, 0.15) is 24.0 Å². The molecular weight excluding hydrogens is 309 g/mol. The largest absolute Gasteiger partial charge is 0.354 e. The number of hydrogen-bond donors (Lipinski definition) is 0. The molecule has 3 rings (SSSR count). The van der Waals surface area contributed by atoms with Crippen molar-refractivity contribution in [3.8, 4) is 0 Å². The third-order valence-corrected chi connectivity index (χ3v) is 4.67. The van der Waals surface area contributed by atoms with Crippen molar-refractivity contribution in [2.45, 2.75) is 19.8 Å². The van der Waals surface area contributed by atoms with Crippen LogP contribution in [0.15, 0.2) is 35.1 Å². The summed E-state index contributed by atoms with van der Waals surface area (Å²) in [7, 11) is 1.58. The van der Waals surface area contributed by atoms with E-state index in [0.717, 1.165) is 5.56 Å². The molecule has 1 saturated heterocycles. The van der Waals surface area contributed by atoms with Crippen molar-refractivity contribution in [2.24, 2.45) is 13.0 Å². The molecule has 0 spiro atoms. The Balaban J connectivity index is 1.96. The molecule has 0 bridgehead atoms. The smallest absolute Gasteiger partial charge is 0.266 e. The van der Waals surface area contributed by atoms with E-state index in [-0.39, 0.29) is 29.0 Å². The fourth-order valence-corrected chi connectivity index (χ4v) is 3.31. The van der Waals surface area contributed by atoms with Crippen molar-refractivity contribution in [1.29, 1.82) is 0 Å². The van der Waals surface area contributed by atoms with Gasteiger partial charge >= 0.3 is 0 Å². The maximum atomic E-state index is 14.4.